The molecule has 54 heavy (non-hydrogen) atoms. The maximum absolute atomic E-state index is 12.7. The maximum atomic E-state index is 12.7. The zero-order chi connectivity index (χ0) is 39.4. The monoisotopic (exact) mass is 763 g/mol. The van der Waals surface area contributed by atoms with Gasteiger partial charge >= 0.3 is 17.9 Å². The van der Waals surface area contributed by atoms with E-state index in [9.17, 15) is 14.4 Å². The summed E-state index contributed by atoms with van der Waals surface area (Å²) in [6, 6.07) is 0. The lowest BCUT2D eigenvalue weighted by atomic mass is 10.0. The van der Waals surface area contributed by atoms with Crippen LogP contribution in [0.4, 0.5) is 0 Å². The van der Waals surface area contributed by atoms with Crippen LogP contribution in [0.25, 0.3) is 0 Å². The molecule has 0 aromatic heterocycles. The van der Waals surface area contributed by atoms with Gasteiger partial charge in [0, 0.05) is 19.3 Å². The van der Waals surface area contributed by atoms with Crippen LogP contribution in [0.15, 0.2) is 12.2 Å². The molecule has 0 radical (unpaired) electrons. The fourth-order valence-electron chi connectivity index (χ4n) is 6.89. The highest BCUT2D eigenvalue weighted by molar-refractivity contribution is 5.71. The van der Waals surface area contributed by atoms with Gasteiger partial charge in [-0.1, -0.05) is 213 Å². The Kier molecular flexibility index (Phi) is 42.4. The molecule has 1 atom stereocenters. The van der Waals surface area contributed by atoms with Gasteiger partial charge < -0.3 is 14.2 Å². The average molecular weight is 763 g/mol. The average Bonchev–Trinajstić information content (AvgIpc) is 3.17. The quantitative estimate of drug-likeness (QED) is 0.0266. The Bertz CT molecular complexity index is 839. The number of carbonyl (C=O) groups is 3. The Balaban J connectivity index is 4.24. The van der Waals surface area contributed by atoms with Crippen molar-refractivity contribution < 1.29 is 28.6 Å². The summed E-state index contributed by atoms with van der Waals surface area (Å²) in [6.45, 7) is 6.58. The first-order valence-corrected chi connectivity index (χ1v) is 23.7. The lowest BCUT2D eigenvalue weighted by molar-refractivity contribution is -0.167. The summed E-state index contributed by atoms with van der Waals surface area (Å²) < 4.78 is 16.7. The van der Waals surface area contributed by atoms with Crippen LogP contribution in [0.5, 0.6) is 0 Å². The molecule has 0 bridgehead atoms. The Labute approximate surface area is 335 Å². The highest BCUT2D eigenvalue weighted by atomic mass is 16.6. The topological polar surface area (TPSA) is 78.9 Å². The fourth-order valence-corrected chi connectivity index (χ4v) is 6.89. The smallest absolute Gasteiger partial charge is 0.306 e. The van der Waals surface area contributed by atoms with Gasteiger partial charge in [0.1, 0.15) is 13.2 Å². The second kappa shape index (κ2) is 43.9. The molecular formula is C48H90O6. The van der Waals surface area contributed by atoms with E-state index in [0.717, 1.165) is 64.2 Å². The van der Waals surface area contributed by atoms with E-state index in [-0.39, 0.29) is 31.1 Å². The largest absolute Gasteiger partial charge is 0.462 e. The van der Waals surface area contributed by atoms with Crippen molar-refractivity contribution in [2.75, 3.05) is 13.2 Å². The lowest BCUT2D eigenvalue weighted by Gasteiger charge is -2.18. The summed E-state index contributed by atoms with van der Waals surface area (Å²) in [6.07, 6.45) is 46.3. The first-order valence-electron chi connectivity index (χ1n) is 23.7. The molecule has 1 unspecified atom stereocenters. The first kappa shape index (κ1) is 52.2. The molecule has 0 saturated carbocycles. The number of unbranched alkanes of at least 4 members (excludes halogenated alkanes) is 30. The van der Waals surface area contributed by atoms with Crippen LogP contribution >= 0.6 is 0 Å². The minimum Gasteiger partial charge on any atom is -0.462 e. The minimum absolute atomic E-state index is 0.0691. The molecule has 0 spiro atoms. The fraction of sp³-hybridized carbons (Fsp3) is 0.896. The molecule has 6 nitrogen and oxygen atoms in total. The van der Waals surface area contributed by atoms with Crippen LogP contribution in [0.2, 0.25) is 0 Å². The molecule has 318 valence electrons. The number of hydrogen-bond acceptors (Lipinski definition) is 6. The van der Waals surface area contributed by atoms with Crippen LogP contribution in [-0.2, 0) is 28.6 Å². The van der Waals surface area contributed by atoms with Crippen LogP contribution in [0.3, 0.4) is 0 Å². The number of allylic oxidation sites excluding steroid dienone is 2. The van der Waals surface area contributed by atoms with Crippen LogP contribution < -0.4 is 0 Å². The molecule has 0 aliphatic rings. The van der Waals surface area contributed by atoms with Gasteiger partial charge in [0.05, 0.1) is 0 Å². The van der Waals surface area contributed by atoms with Gasteiger partial charge in [-0.05, 0) is 38.5 Å². The van der Waals surface area contributed by atoms with Crippen molar-refractivity contribution in [3.05, 3.63) is 12.2 Å². The predicted octanol–water partition coefficient (Wildman–Crippen LogP) is 15.0. The van der Waals surface area contributed by atoms with E-state index >= 15 is 0 Å². The van der Waals surface area contributed by atoms with Crippen molar-refractivity contribution in [3.8, 4) is 0 Å². The van der Waals surface area contributed by atoms with Gasteiger partial charge in [0.15, 0.2) is 6.10 Å². The molecule has 0 fully saturated rings. The molecule has 0 aliphatic heterocycles. The van der Waals surface area contributed by atoms with E-state index in [1.807, 2.05) is 0 Å². The second-order valence-electron chi connectivity index (χ2n) is 16.0. The summed E-state index contributed by atoms with van der Waals surface area (Å²) in [5, 5.41) is 0. The molecule has 0 rings (SSSR count). The molecule has 0 N–H and O–H groups in total. The number of esters is 3. The number of carbonyl (C=O) groups excluding carboxylic acids is 3. The highest BCUT2D eigenvalue weighted by Gasteiger charge is 2.19. The zero-order valence-electron chi connectivity index (χ0n) is 36.3. The number of hydrogen-bond donors (Lipinski definition) is 0. The van der Waals surface area contributed by atoms with E-state index in [4.69, 9.17) is 14.2 Å². The van der Waals surface area contributed by atoms with Crippen LogP contribution in [0, 0.1) is 0 Å². The molecule has 0 heterocycles. The predicted molar refractivity (Wildman–Crippen MR) is 229 cm³/mol. The number of ether oxygens (including phenoxy) is 3. The Morgan fingerprint density at radius 3 is 0.981 bits per heavy atom. The summed E-state index contributed by atoms with van der Waals surface area (Å²) >= 11 is 0. The first-order chi connectivity index (χ1) is 26.5. The molecule has 6 heteroatoms. The maximum Gasteiger partial charge on any atom is 0.306 e. The van der Waals surface area contributed by atoms with Gasteiger partial charge in [0.2, 0.25) is 0 Å². The van der Waals surface area contributed by atoms with E-state index < -0.39 is 6.10 Å². The third-order valence-electron chi connectivity index (χ3n) is 10.5. The zero-order valence-corrected chi connectivity index (χ0v) is 36.3. The van der Waals surface area contributed by atoms with Gasteiger partial charge in [-0.15, -0.1) is 0 Å². The van der Waals surface area contributed by atoms with Crippen molar-refractivity contribution in [2.45, 2.75) is 264 Å². The summed E-state index contributed by atoms with van der Waals surface area (Å²) in [5.74, 6) is -0.873. The summed E-state index contributed by atoms with van der Waals surface area (Å²) in [4.78, 5) is 37.6. The third-order valence-corrected chi connectivity index (χ3v) is 10.5. The SMILES string of the molecule is CCCC/C=C\CCCCCCCC(=O)OC(COC(=O)CCCCCCCCCC)COC(=O)CCCCCCCCCCCCCCCCCCC. The summed E-state index contributed by atoms with van der Waals surface area (Å²) in [7, 11) is 0. The minimum atomic E-state index is -0.765. The Hall–Kier alpha value is -1.85. The van der Waals surface area contributed by atoms with Crippen LogP contribution in [-0.4, -0.2) is 37.2 Å². The highest BCUT2D eigenvalue weighted by Crippen LogP contribution is 2.16. The molecule has 0 saturated heterocycles. The van der Waals surface area contributed by atoms with Crippen LogP contribution in [0.1, 0.15) is 258 Å². The van der Waals surface area contributed by atoms with Gasteiger partial charge in [-0.25, -0.2) is 0 Å². The number of rotatable bonds is 43. The van der Waals surface area contributed by atoms with Crippen molar-refractivity contribution >= 4 is 17.9 Å². The Morgan fingerprint density at radius 2 is 0.630 bits per heavy atom. The lowest BCUT2D eigenvalue weighted by Crippen LogP contribution is -2.30. The standard InChI is InChI=1S/C48H90O6/c1-4-7-10-13-16-19-21-22-23-24-25-26-28-29-32-35-38-41-47(50)53-44-45(43-52-46(49)40-37-34-31-18-15-12-9-6-3)54-48(51)42-39-36-33-30-27-20-17-14-11-8-5-2/h14,17,45H,4-13,15-16,18-44H2,1-3H3/b17-14-. The van der Waals surface area contributed by atoms with E-state index in [1.54, 1.807) is 0 Å². The molecule has 0 aromatic carbocycles. The molecule has 0 amide bonds. The van der Waals surface area contributed by atoms with Crippen molar-refractivity contribution in [2.24, 2.45) is 0 Å². The molecular weight excluding hydrogens is 673 g/mol. The van der Waals surface area contributed by atoms with E-state index in [1.165, 1.54) is 154 Å². The third kappa shape index (κ3) is 41.3. The normalized spacial score (nSPS) is 12.0. The molecule has 0 aromatic rings. The summed E-state index contributed by atoms with van der Waals surface area (Å²) in [5.41, 5.74) is 0. The van der Waals surface area contributed by atoms with Gasteiger partial charge in [0.25, 0.3) is 0 Å². The van der Waals surface area contributed by atoms with Crippen molar-refractivity contribution in [1.82, 2.24) is 0 Å². The van der Waals surface area contributed by atoms with Crippen molar-refractivity contribution in [1.29, 1.82) is 0 Å². The van der Waals surface area contributed by atoms with Crippen molar-refractivity contribution in [3.63, 3.8) is 0 Å². The van der Waals surface area contributed by atoms with E-state index in [0.29, 0.717) is 19.3 Å². The Morgan fingerprint density at radius 1 is 0.352 bits per heavy atom. The van der Waals surface area contributed by atoms with E-state index in [2.05, 4.69) is 32.9 Å². The second-order valence-corrected chi connectivity index (χ2v) is 16.0. The van der Waals surface area contributed by atoms with Gasteiger partial charge in [-0.3, -0.25) is 14.4 Å². The molecule has 0 aliphatic carbocycles. The van der Waals surface area contributed by atoms with Gasteiger partial charge in [-0.2, -0.15) is 0 Å².